The van der Waals surface area contributed by atoms with Gasteiger partial charge in [0.25, 0.3) is 0 Å². The Morgan fingerprint density at radius 1 is 1.27 bits per heavy atom. The second kappa shape index (κ2) is 6.93. The van der Waals surface area contributed by atoms with Crippen molar-refractivity contribution in [2.45, 2.75) is 26.4 Å². The zero-order valence-electron chi connectivity index (χ0n) is 13.0. The van der Waals surface area contributed by atoms with Gasteiger partial charge >= 0.3 is 11.7 Å². The summed E-state index contributed by atoms with van der Waals surface area (Å²) in [7, 11) is 1.69. The molecular weight excluding hydrogens is 282 g/mol. The van der Waals surface area contributed by atoms with E-state index in [1.54, 1.807) is 7.05 Å². The molecule has 0 radical (unpaired) electrons. The van der Waals surface area contributed by atoms with E-state index in [-0.39, 0.29) is 17.8 Å². The van der Waals surface area contributed by atoms with Gasteiger partial charge < -0.3 is 10.6 Å². The minimum absolute atomic E-state index is 0.0715. The Morgan fingerprint density at radius 2 is 1.95 bits per heavy atom. The van der Waals surface area contributed by atoms with Gasteiger partial charge in [0.05, 0.1) is 6.54 Å². The SMILES string of the molecule is CC(C)NC(=O)NCCn1nc(-c2ccccc2)n(C)c1=O. The third-order valence-corrected chi connectivity index (χ3v) is 3.10. The van der Waals surface area contributed by atoms with Crippen LogP contribution in [-0.2, 0) is 13.6 Å². The quantitative estimate of drug-likeness (QED) is 0.863. The molecule has 0 bridgehead atoms. The Hall–Kier alpha value is -2.57. The normalized spacial score (nSPS) is 10.7. The van der Waals surface area contributed by atoms with Crippen LogP contribution in [0.25, 0.3) is 11.4 Å². The number of carbonyl (C=O) groups excluding carboxylic acids is 1. The molecule has 22 heavy (non-hydrogen) atoms. The van der Waals surface area contributed by atoms with E-state index in [1.165, 1.54) is 9.25 Å². The molecular formula is C15H21N5O2. The van der Waals surface area contributed by atoms with Crippen LogP contribution in [0.1, 0.15) is 13.8 Å². The second-order valence-corrected chi connectivity index (χ2v) is 5.31. The van der Waals surface area contributed by atoms with Gasteiger partial charge in [-0.3, -0.25) is 4.57 Å². The molecule has 2 rings (SSSR count). The number of nitrogens with zero attached hydrogens (tertiary/aromatic N) is 3. The smallest absolute Gasteiger partial charge is 0.336 e. The van der Waals surface area contributed by atoms with Gasteiger partial charge in [-0.1, -0.05) is 30.3 Å². The van der Waals surface area contributed by atoms with E-state index in [0.29, 0.717) is 18.9 Å². The number of aromatic nitrogens is 3. The number of hydrogen-bond acceptors (Lipinski definition) is 3. The van der Waals surface area contributed by atoms with Crippen LogP contribution in [0.2, 0.25) is 0 Å². The summed E-state index contributed by atoms with van der Waals surface area (Å²) in [6, 6.07) is 9.34. The first-order valence-corrected chi connectivity index (χ1v) is 7.22. The number of urea groups is 1. The lowest BCUT2D eigenvalue weighted by Gasteiger charge is -2.09. The van der Waals surface area contributed by atoms with Crippen molar-refractivity contribution >= 4 is 6.03 Å². The lowest BCUT2D eigenvalue weighted by atomic mass is 10.2. The van der Waals surface area contributed by atoms with E-state index in [1.807, 2.05) is 44.2 Å². The summed E-state index contributed by atoms with van der Waals surface area (Å²) >= 11 is 0. The number of benzene rings is 1. The van der Waals surface area contributed by atoms with Crippen molar-refractivity contribution in [1.82, 2.24) is 25.0 Å². The first-order chi connectivity index (χ1) is 10.5. The Morgan fingerprint density at radius 3 is 2.59 bits per heavy atom. The maximum atomic E-state index is 12.2. The summed E-state index contributed by atoms with van der Waals surface area (Å²) in [6.45, 7) is 4.43. The van der Waals surface area contributed by atoms with Crippen molar-refractivity contribution in [1.29, 1.82) is 0 Å². The third-order valence-electron chi connectivity index (χ3n) is 3.10. The van der Waals surface area contributed by atoms with Crippen LogP contribution < -0.4 is 16.3 Å². The van der Waals surface area contributed by atoms with Gasteiger partial charge in [0.1, 0.15) is 0 Å². The molecule has 118 valence electrons. The van der Waals surface area contributed by atoms with Crippen molar-refractivity contribution in [2.75, 3.05) is 6.54 Å². The van der Waals surface area contributed by atoms with Gasteiger partial charge in [-0.2, -0.15) is 0 Å². The minimum atomic E-state index is -0.248. The number of carbonyl (C=O) groups is 1. The molecule has 0 aliphatic carbocycles. The average molecular weight is 303 g/mol. The summed E-state index contributed by atoms with van der Waals surface area (Å²) in [5, 5.41) is 9.75. The van der Waals surface area contributed by atoms with Crippen LogP contribution in [-0.4, -0.2) is 33.0 Å². The third kappa shape index (κ3) is 3.75. The van der Waals surface area contributed by atoms with Gasteiger partial charge in [0.2, 0.25) is 0 Å². The summed E-state index contributed by atoms with van der Waals surface area (Å²) in [5.41, 5.74) is 0.677. The Bertz CT molecular complexity index is 688. The molecule has 2 amide bonds. The van der Waals surface area contributed by atoms with Crippen LogP contribution in [0.3, 0.4) is 0 Å². The fourth-order valence-corrected chi connectivity index (χ4v) is 2.06. The minimum Gasteiger partial charge on any atom is -0.336 e. The Labute approximate surface area is 129 Å². The molecule has 7 heteroatoms. The van der Waals surface area contributed by atoms with Crippen LogP contribution in [0, 0.1) is 0 Å². The van der Waals surface area contributed by atoms with Gasteiger partial charge in [0, 0.05) is 25.2 Å². The molecule has 0 saturated carbocycles. The molecule has 0 aliphatic rings. The highest BCUT2D eigenvalue weighted by Gasteiger charge is 2.11. The molecule has 2 N–H and O–H groups in total. The fraction of sp³-hybridized carbons (Fsp3) is 0.400. The first-order valence-electron chi connectivity index (χ1n) is 7.22. The van der Waals surface area contributed by atoms with E-state index in [4.69, 9.17) is 0 Å². The Kier molecular flexibility index (Phi) is 4.98. The lowest BCUT2D eigenvalue weighted by Crippen LogP contribution is -2.41. The fourth-order valence-electron chi connectivity index (χ4n) is 2.06. The molecule has 1 aromatic heterocycles. The van der Waals surface area contributed by atoms with Crippen LogP contribution >= 0.6 is 0 Å². The second-order valence-electron chi connectivity index (χ2n) is 5.31. The highest BCUT2D eigenvalue weighted by atomic mass is 16.2. The lowest BCUT2D eigenvalue weighted by molar-refractivity contribution is 0.238. The summed E-state index contributed by atoms with van der Waals surface area (Å²) < 4.78 is 2.86. The van der Waals surface area contributed by atoms with Crippen LogP contribution in [0.4, 0.5) is 4.79 Å². The largest absolute Gasteiger partial charge is 0.345 e. The predicted molar refractivity (Wildman–Crippen MR) is 84.6 cm³/mol. The topological polar surface area (TPSA) is 81.0 Å². The molecule has 7 nitrogen and oxygen atoms in total. The maximum Gasteiger partial charge on any atom is 0.345 e. The molecule has 0 aliphatic heterocycles. The summed E-state index contributed by atoms with van der Waals surface area (Å²) in [6.07, 6.45) is 0. The monoisotopic (exact) mass is 303 g/mol. The highest BCUT2D eigenvalue weighted by Crippen LogP contribution is 2.13. The zero-order chi connectivity index (χ0) is 16.1. The van der Waals surface area contributed by atoms with Gasteiger partial charge in [-0.25, -0.2) is 14.3 Å². The molecule has 1 aromatic carbocycles. The van der Waals surface area contributed by atoms with Crippen molar-refractivity contribution < 1.29 is 4.79 Å². The van der Waals surface area contributed by atoms with E-state index in [0.717, 1.165) is 5.56 Å². The van der Waals surface area contributed by atoms with E-state index in [9.17, 15) is 9.59 Å². The number of rotatable bonds is 5. The summed E-state index contributed by atoms with van der Waals surface area (Å²) in [4.78, 5) is 23.6. The molecule has 0 atom stereocenters. The summed E-state index contributed by atoms with van der Waals surface area (Å²) in [5.74, 6) is 0.609. The van der Waals surface area contributed by atoms with Gasteiger partial charge in [-0.15, -0.1) is 5.10 Å². The number of hydrogen-bond donors (Lipinski definition) is 2. The van der Waals surface area contributed by atoms with Crippen LogP contribution in [0.5, 0.6) is 0 Å². The molecule has 0 unspecified atom stereocenters. The van der Waals surface area contributed by atoms with Crippen molar-refractivity contribution in [2.24, 2.45) is 7.05 Å². The van der Waals surface area contributed by atoms with Crippen molar-refractivity contribution in [3.63, 3.8) is 0 Å². The van der Waals surface area contributed by atoms with Crippen LogP contribution in [0.15, 0.2) is 35.1 Å². The van der Waals surface area contributed by atoms with E-state index >= 15 is 0 Å². The molecule has 1 heterocycles. The first kappa shape index (κ1) is 15.8. The average Bonchev–Trinajstić information content (AvgIpc) is 2.76. The van der Waals surface area contributed by atoms with Gasteiger partial charge in [0.15, 0.2) is 5.82 Å². The maximum absolute atomic E-state index is 12.2. The predicted octanol–water partition coefficient (Wildman–Crippen LogP) is 0.956. The molecule has 0 fully saturated rings. The molecule has 0 saturated heterocycles. The van der Waals surface area contributed by atoms with E-state index in [2.05, 4.69) is 15.7 Å². The zero-order valence-corrected chi connectivity index (χ0v) is 13.0. The van der Waals surface area contributed by atoms with Crippen molar-refractivity contribution in [3.05, 3.63) is 40.8 Å². The van der Waals surface area contributed by atoms with Crippen molar-refractivity contribution in [3.8, 4) is 11.4 Å². The molecule has 0 spiro atoms. The van der Waals surface area contributed by atoms with Gasteiger partial charge in [-0.05, 0) is 13.8 Å². The number of nitrogens with one attached hydrogen (secondary N) is 2. The number of amides is 2. The molecule has 2 aromatic rings. The van der Waals surface area contributed by atoms with E-state index < -0.39 is 0 Å². The Balaban J connectivity index is 2.04. The highest BCUT2D eigenvalue weighted by molar-refractivity contribution is 5.73. The standard InChI is InChI=1S/C15H21N5O2/c1-11(2)17-14(21)16-9-10-20-15(22)19(3)13(18-20)12-7-5-4-6-8-12/h4-8,11H,9-10H2,1-3H3,(H2,16,17,21).